The molecular formula is C25H27N3O8. The average molecular weight is 498 g/mol. The van der Waals surface area contributed by atoms with Crippen molar-refractivity contribution < 1.29 is 33.6 Å². The van der Waals surface area contributed by atoms with Crippen molar-refractivity contribution in [3.8, 4) is 0 Å². The third kappa shape index (κ3) is 6.65. The van der Waals surface area contributed by atoms with Gasteiger partial charge in [0, 0.05) is 36.0 Å². The molecule has 11 nitrogen and oxygen atoms in total. The van der Waals surface area contributed by atoms with Gasteiger partial charge in [0.25, 0.3) is 11.6 Å². The fraction of sp³-hybridized carbons (Fsp3) is 0.360. The largest absolute Gasteiger partial charge is 0.462 e. The molecule has 1 saturated heterocycles. The molecule has 1 aliphatic rings. The summed E-state index contributed by atoms with van der Waals surface area (Å²) in [6.45, 7) is 3.39. The Bertz CT molecular complexity index is 1160. The Morgan fingerprint density at radius 1 is 1.14 bits per heavy atom. The summed E-state index contributed by atoms with van der Waals surface area (Å²) in [5.74, 6) is -2.85. The number of carbonyl (C=O) groups excluding carboxylic acids is 4. The molecule has 1 atom stereocenters. The van der Waals surface area contributed by atoms with Gasteiger partial charge in [0.05, 0.1) is 23.0 Å². The van der Waals surface area contributed by atoms with Crippen molar-refractivity contribution in [2.24, 2.45) is 5.92 Å². The second-order valence-electron chi connectivity index (χ2n) is 8.36. The van der Waals surface area contributed by atoms with Gasteiger partial charge in [0.1, 0.15) is 0 Å². The van der Waals surface area contributed by atoms with Gasteiger partial charge in [0.15, 0.2) is 6.61 Å². The monoisotopic (exact) mass is 497 g/mol. The fourth-order valence-electron chi connectivity index (χ4n) is 3.62. The van der Waals surface area contributed by atoms with Crippen LogP contribution in [0.5, 0.6) is 0 Å². The zero-order valence-corrected chi connectivity index (χ0v) is 20.0. The zero-order valence-electron chi connectivity index (χ0n) is 20.0. The van der Waals surface area contributed by atoms with Crippen LogP contribution in [0.15, 0.2) is 42.5 Å². The summed E-state index contributed by atoms with van der Waals surface area (Å²) in [5, 5.41) is 13.5. The van der Waals surface area contributed by atoms with Crippen LogP contribution in [0.1, 0.15) is 42.1 Å². The van der Waals surface area contributed by atoms with Crippen molar-refractivity contribution in [3.63, 3.8) is 0 Å². The average Bonchev–Trinajstić information content (AvgIpc) is 3.25. The summed E-state index contributed by atoms with van der Waals surface area (Å²) in [7, 11) is 0. The maximum absolute atomic E-state index is 12.5. The number of nitro benzene ring substituents is 1. The van der Waals surface area contributed by atoms with Crippen molar-refractivity contribution in [2.45, 2.75) is 33.1 Å². The second-order valence-corrected chi connectivity index (χ2v) is 8.36. The standard InChI is InChI=1S/C25H27N3O8/c1-3-4-11-35-24(31)17-6-9-20(10-7-17)27-14-18(12-23(27)30)25(32)36-15-22(29)26-19-8-5-16(2)21(13-19)28(33)34/h5-10,13,18H,3-4,11-12,14-15H2,1-2H3,(H,26,29)/t18-/m0/s1. The predicted octanol–water partition coefficient (Wildman–Crippen LogP) is 3.39. The number of carbonyl (C=O) groups is 4. The van der Waals surface area contributed by atoms with Crippen LogP contribution >= 0.6 is 0 Å². The van der Waals surface area contributed by atoms with E-state index in [4.69, 9.17) is 9.47 Å². The van der Waals surface area contributed by atoms with E-state index in [1.807, 2.05) is 6.92 Å². The molecule has 1 heterocycles. The molecular weight excluding hydrogens is 470 g/mol. The third-order valence-electron chi connectivity index (χ3n) is 5.64. The Kier molecular flexibility index (Phi) is 8.71. The van der Waals surface area contributed by atoms with Crippen LogP contribution in [0.4, 0.5) is 17.1 Å². The van der Waals surface area contributed by atoms with E-state index in [0.717, 1.165) is 12.8 Å². The number of ether oxygens (including phenoxy) is 2. The lowest BCUT2D eigenvalue weighted by molar-refractivity contribution is -0.385. The summed E-state index contributed by atoms with van der Waals surface area (Å²) in [6, 6.07) is 10.6. The third-order valence-corrected chi connectivity index (χ3v) is 5.64. The molecule has 0 unspecified atom stereocenters. The highest BCUT2D eigenvalue weighted by molar-refractivity contribution is 6.00. The molecule has 0 bridgehead atoms. The summed E-state index contributed by atoms with van der Waals surface area (Å²) < 4.78 is 10.2. The number of nitrogens with one attached hydrogen (secondary N) is 1. The van der Waals surface area contributed by atoms with Crippen molar-refractivity contribution >= 4 is 40.8 Å². The number of hydrogen-bond acceptors (Lipinski definition) is 8. The van der Waals surface area contributed by atoms with Crippen molar-refractivity contribution in [1.29, 1.82) is 0 Å². The highest BCUT2D eigenvalue weighted by Gasteiger charge is 2.36. The molecule has 0 aliphatic carbocycles. The Labute approximate surface area is 207 Å². The highest BCUT2D eigenvalue weighted by Crippen LogP contribution is 2.27. The first-order chi connectivity index (χ1) is 17.2. The number of rotatable bonds is 10. The molecule has 36 heavy (non-hydrogen) atoms. The number of nitrogens with zero attached hydrogens (tertiary/aromatic N) is 2. The summed E-state index contributed by atoms with van der Waals surface area (Å²) >= 11 is 0. The van der Waals surface area contributed by atoms with Crippen LogP contribution in [0.2, 0.25) is 0 Å². The number of anilines is 2. The van der Waals surface area contributed by atoms with Crippen molar-refractivity contribution in [1.82, 2.24) is 0 Å². The Hall–Kier alpha value is -4.28. The minimum absolute atomic E-state index is 0.0732. The van der Waals surface area contributed by atoms with Crippen molar-refractivity contribution in [2.75, 3.05) is 30.0 Å². The molecule has 1 aliphatic heterocycles. The normalized spacial score (nSPS) is 14.9. The molecule has 0 radical (unpaired) electrons. The highest BCUT2D eigenvalue weighted by atomic mass is 16.6. The second kappa shape index (κ2) is 11.9. The first-order valence-corrected chi connectivity index (χ1v) is 11.5. The zero-order chi connectivity index (χ0) is 26.2. The lowest BCUT2D eigenvalue weighted by Crippen LogP contribution is -2.28. The molecule has 0 spiro atoms. The van der Waals surface area contributed by atoms with Gasteiger partial charge in [0.2, 0.25) is 5.91 Å². The lowest BCUT2D eigenvalue weighted by atomic mass is 10.1. The predicted molar refractivity (Wildman–Crippen MR) is 130 cm³/mol. The van der Waals surface area contributed by atoms with Gasteiger partial charge in [-0.3, -0.25) is 24.5 Å². The molecule has 0 aromatic heterocycles. The quantitative estimate of drug-likeness (QED) is 0.228. The van der Waals surface area contributed by atoms with E-state index in [9.17, 15) is 29.3 Å². The van der Waals surface area contributed by atoms with Crippen LogP contribution in [-0.4, -0.2) is 48.4 Å². The summed E-state index contributed by atoms with van der Waals surface area (Å²) in [6.07, 6.45) is 1.61. The molecule has 1 N–H and O–H groups in total. The number of nitro groups is 1. The maximum Gasteiger partial charge on any atom is 0.338 e. The number of benzene rings is 2. The maximum atomic E-state index is 12.5. The van der Waals surface area contributed by atoms with E-state index >= 15 is 0 Å². The minimum Gasteiger partial charge on any atom is -0.462 e. The Morgan fingerprint density at radius 3 is 2.53 bits per heavy atom. The van der Waals surface area contributed by atoms with Crippen LogP contribution in [0.3, 0.4) is 0 Å². The van der Waals surface area contributed by atoms with Gasteiger partial charge in [-0.05, 0) is 43.7 Å². The van der Waals surface area contributed by atoms with Crippen LogP contribution in [-0.2, 0) is 23.9 Å². The van der Waals surface area contributed by atoms with E-state index in [1.54, 1.807) is 31.2 Å². The number of amides is 2. The number of unbranched alkanes of at least 4 members (excludes halogenated alkanes) is 1. The molecule has 11 heteroatoms. The van der Waals surface area contributed by atoms with Gasteiger partial charge in [-0.1, -0.05) is 19.4 Å². The van der Waals surface area contributed by atoms with Gasteiger partial charge >= 0.3 is 11.9 Å². The molecule has 2 aromatic carbocycles. The van der Waals surface area contributed by atoms with Crippen LogP contribution < -0.4 is 10.2 Å². The number of hydrogen-bond donors (Lipinski definition) is 1. The molecule has 3 rings (SSSR count). The van der Waals surface area contributed by atoms with Gasteiger partial charge < -0.3 is 19.7 Å². The topological polar surface area (TPSA) is 145 Å². The van der Waals surface area contributed by atoms with E-state index in [-0.39, 0.29) is 30.2 Å². The molecule has 190 valence electrons. The van der Waals surface area contributed by atoms with E-state index in [0.29, 0.717) is 23.4 Å². The Morgan fingerprint density at radius 2 is 1.86 bits per heavy atom. The number of esters is 2. The number of aryl methyl sites for hydroxylation is 1. The van der Waals surface area contributed by atoms with Gasteiger partial charge in [-0.2, -0.15) is 0 Å². The van der Waals surface area contributed by atoms with E-state index < -0.39 is 35.3 Å². The summed E-state index contributed by atoms with van der Waals surface area (Å²) in [5.41, 5.74) is 1.40. The van der Waals surface area contributed by atoms with Crippen LogP contribution in [0, 0.1) is 23.0 Å². The molecule has 2 aromatic rings. The van der Waals surface area contributed by atoms with Gasteiger partial charge in [-0.15, -0.1) is 0 Å². The van der Waals surface area contributed by atoms with E-state index in [1.165, 1.54) is 23.1 Å². The SMILES string of the molecule is CCCCOC(=O)c1ccc(N2C[C@@H](C(=O)OCC(=O)Nc3ccc(C)c([N+](=O)[O-])c3)CC2=O)cc1. The minimum atomic E-state index is -0.760. The summed E-state index contributed by atoms with van der Waals surface area (Å²) in [4.78, 5) is 61.0. The molecule has 2 amide bonds. The molecule has 0 saturated carbocycles. The first kappa shape index (κ1) is 26.3. The van der Waals surface area contributed by atoms with Crippen LogP contribution in [0.25, 0.3) is 0 Å². The van der Waals surface area contributed by atoms with E-state index in [2.05, 4.69) is 5.32 Å². The van der Waals surface area contributed by atoms with Gasteiger partial charge in [-0.25, -0.2) is 4.79 Å². The molecule has 1 fully saturated rings. The van der Waals surface area contributed by atoms with Crippen molar-refractivity contribution in [3.05, 3.63) is 63.7 Å². The first-order valence-electron chi connectivity index (χ1n) is 11.5. The smallest absolute Gasteiger partial charge is 0.338 e. The Balaban J connectivity index is 1.51. The lowest BCUT2D eigenvalue weighted by Gasteiger charge is -2.17. The fourth-order valence-corrected chi connectivity index (χ4v) is 3.62.